The average Bonchev–Trinajstić information content (AvgIpc) is 2.78. The normalized spacial score (nSPS) is 12.6. The third-order valence-electron chi connectivity index (χ3n) is 3.23. The molecule has 0 aliphatic carbocycles. The summed E-state index contributed by atoms with van der Waals surface area (Å²) < 4.78 is 1.81. The Balaban J connectivity index is 2.24. The predicted molar refractivity (Wildman–Crippen MR) is 77.3 cm³/mol. The Morgan fingerprint density at radius 3 is 2.79 bits per heavy atom. The second-order valence-corrected chi connectivity index (χ2v) is 5.03. The third kappa shape index (κ3) is 3.33. The lowest BCUT2D eigenvalue weighted by atomic mass is 10.0. The first kappa shape index (κ1) is 14.0. The van der Waals surface area contributed by atoms with E-state index in [4.69, 9.17) is 11.6 Å². The van der Waals surface area contributed by atoms with Crippen LogP contribution in [0.5, 0.6) is 0 Å². The molecule has 1 unspecified atom stereocenters. The maximum absolute atomic E-state index is 6.08. The van der Waals surface area contributed by atoms with Crippen molar-refractivity contribution >= 4 is 11.6 Å². The van der Waals surface area contributed by atoms with Gasteiger partial charge in [-0.3, -0.25) is 4.68 Å². The summed E-state index contributed by atoms with van der Waals surface area (Å²) in [4.78, 5) is 4.29. The van der Waals surface area contributed by atoms with Crippen LogP contribution < -0.4 is 5.32 Å². The molecular weight excluding hydrogens is 260 g/mol. The molecule has 0 radical (unpaired) electrons. The van der Waals surface area contributed by atoms with Crippen LogP contribution in [-0.2, 0) is 13.5 Å². The number of hydrogen-bond acceptors (Lipinski definition) is 3. The Bertz CT molecular complexity index is 550. The molecule has 1 heterocycles. The molecule has 0 saturated carbocycles. The van der Waals surface area contributed by atoms with Gasteiger partial charge in [-0.15, -0.1) is 0 Å². The number of aromatic nitrogens is 3. The molecule has 2 rings (SSSR count). The van der Waals surface area contributed by atoms with E-state index < -0.39 is 0 Å². The lowest BCUT2D eigenvalue weighted by molar-refractivity contribution is 0.522. The highest BCUT2D eigenvalue weighted by Gasteiger charge is 2.14. The van der Waals surface area contributed by atoms with Gasteiger partial charge in [-0.05, 0) is 30.7 Å². The number of halogens is 1. The van der Waals surface area contributed by atoms with Crippen LogP contribution in [0, 0.1) is 6.92 Å². The second-order valence-electron chi connectivity index (χ2n) is 4.62. The summed E-state index contributed by atoms with van der Waals surface area (Å²) in [7, 11) is 1.92. The molecule has 0 saturated heterocycles. The number of likely N-dealkylation sites (N-methyl/N-ethyl adjacent to an activating group) is 1. The zero-order valence-corrected chi connectivity index (χ0v) is 12.3. The molecule has 102 valence electrons. The summed E-state index contributed by atoms with van der Waals surface area (Å²) in [5, 5.41) is 8.40. The minimum Gasteiger partial charge on any atom is -0.310 e. The zero-order chi connectivity index (χ0) is 13.8. The van der Waals surface area contributed by atoms with Crippen LogP contribution in [0.15, 0.2) is 24.5 Å². The standard InChI is InChI=1S/C14H19ClN4/c1-4-16-13(8-14-17-9-18-19(14)3)11-5-6-12(15)10(2)7-11/h5-7,9,13,16H,4,8H2,1-3H3. The molecule has 19 heavy (non-hydrogen) atoms. The molecule has 1 aromatic heterocycles. The minimum atomic E-state index is 0.226. The van der Waals surface area contributed by atoms with Crippen molar-refractivity contribution < 1.29 is 0 Å². The molecule has 0 spiro atoms. The molecule has 1 aromatic carbocycles. The molecule has 0 aliphatic rings. The smallest absolute Gasteiger partial charge is 0.138 e. The summed E-state index contributed by atoms with van der Waals surface area (Å²) in [6, 6.07) is 6.38. The van der Waals surface area contributed by atoms with Crippen molar-refractivity contribution in [2.45, 2.75) is 26.3 Å². The summed E-state index contributed by atoms with van der Waals surface area (Å²) in [5.74, 6) is 0.971. The number of nitrogens with one attached hydrogen (secondary N) is 1. The zero-order valence-electron chi connectivity index (χ0n) is 11.5. The van der Waals surface area contributed by atoms with E-state index in [-0.39, 0.29) is 6.04 Å². The lowest BCUT2D eigenvalue weighted by Gasteiger charge is -2.18. The summed E-state index contributed by atoms with van der Waals surface area (Å²) >= 11 is 6.08. The topological polar surface area (TPSA) is 42.7 Å². The molecule has 0 amide bonds. The van der Waals surface area contributed by atoms with Crippen molar-refractivity contribution in [1.82, 2.24) is 20.1 Å². The maximum Gasteiger partial charge on any atom is 0.138 e. The molecule has 0 fully saturated rings. The monoisotopic (exact) mass is 278 g/mol. The van der Waals surface area contributed by atoms with Gasteiger partial charge >= 0.3 is 0 Å². The van der Waals surface area contributed by atoms with Gasteiger partial charge in [0.1, 0.15) is 12.2 Å². The Hall–Kier alpha value is -1.39. The highest BCUT2D eigenvalue weighted by Crippen LogP contribution is 2.23. The fraction of sp³-hybridized carbons (Fsp3) is 0.429. The van der Waals surface area contributed by atoms with Gasteiger partial charge in [-0.25, -0.2) is 4.98 Å². The van der Waals surface area contributed by atoms with Gasteiger partial charge in [0.15, 0.2) is 0 Å². The van der Waals surface area contributed by atoms with Crippen LogP contribution in [0.4, 0.5) is 0 Å². The average molecular weight is 279 g/mol. The fourth-order valence-electron chi connectivity index (χ4n) is 2.13. The number of rotatable bonds is 5. The number of aryl methyl sites for hydroxylation is 2. The summed E-state index contributed by atoms with van der Waals surface area (Å²) in [5.41, 5.74) is 2.33. The molecule has 1 atom stereocenters. The first-order valence-corrected chi connectivity index (χ1v) is 6.82. The quantitative estimate of drug-likeness (QED) is 0.914. The van der Waals surface area contributed by atoms with Gasteiger partial charge < -0.3 is 5.32 Å². The highest BCUT2D eigenvalue weighted by molar-refractivity contribution is 6.31. The lowest BCUT2D eigenvalue weighted by Crippen LogP contribution is -2.24. The van der Waals surface area contributed by atoms with Gasteiger partial charge in [-0.1, -0.05) is 30.7 Å². The predicted octanol–water partition coefficient (Wildman–Crippen LogP) is 2.67. The van der Waals surface area contributed by atoms with E-state index in [0.29, 0.717) is 0 Å². The van der Waals surface area contributed by atoms with E-state index >= 15 is 0 Å². The van der Waals surface area contributed by atoms with E-state index in [1.165, 1.54) is 5.56 Å². The van der Waals surface area contributed by atoms with Crippen LogP contribution in [0.2, 0.25) is 5.02 Å². The van der Waals surface area contributed by atoms with Crippen molar-refractivity contribution in [3.63, 3.8) is 0 Å². The Morgan fingerprint density at radius 1 is 1.42 bits per heavy atom. The van der Waals surface area contributed by atoms with Crippen molar-refractivity contribution in [2.75, 3.05) is 6.54 Å². The summed E-state index contributed by atoms with van der Waals surface area (Å²) in [6.07, 6.45) is 2.40. The van der Waals surface area contributed by atoms with Crippen molar-refractivity contribution in [3.05, 3.63) is 46.5 Å². The van der Waals surface area contributed by atoms with Gasteiger partial charge in [0, 0.05) is 24.5 Å². The van der Waals surface area contributed by atoms with Crippen LogP contribution >= 0.6 is 11.6 Å². The van der Waals surface area contributed by atoms with Crippen LogP contribution in [-0.4, -0.2) is 21.3 Å². The molecule has 4 nitrogen and oxygen atoms in total. The molecule has 0 aliphatic heterocycles. The minimum absolute atomic E-state index is 0.226. The van der Waals surface area contributed by atoms with E-state index in [1.807, 2.05) is 24.7 Å². The number of nitrogens with zero attached hydrogens (tertiary/aromatic N) is 3. The van der Waals surface area contributed by atoms with Gasteiger partial charge in [0.25, 0.3) is 0 Å². The second kappa shape index (κ2) is 6.17. The summed E-state index contributed by atoms with van der Waals surface area (Å²) in [6.45, 7) is 5.04. The van der Waals surface area contributed by atoms with Crippen molar-refractivity contribution in [3.8, 4) is 0 Å². The van der Waals surface area contributed by atoms with Crippen molar-refractivity contribution in [1.29, 1.82) is 0 Å². The molecular formula is C14H19ClN4. The molecule has 1 N–H and O–H groups in total. The van der Waals surface area contributed by atoms with Gasteiger partial charge in [-0.2, -0.15) is 5.10 Å². The van der Waals surface area contributed by atoms with E-state index in [1.54, 1.807) is 6.33 Å². The number of hydrogen-bond donors (Lipinski definition) is 1. The molecule has 0 bridgehead atoms. The van der Waals surface area contributed by atoms with E-state index in [0.717, 1.165) is 29.4 Å². The maximum atomic E-state index is 6.08. The fourth-order valence-corrected chi connectivity index (χ4v) is 2.24. The highest BCUT2D eigenvalue weighted by atomic mass is 35.5. The van der Waals surface area contributed by atoms with Gasteiger partial charge in [0.05, 0.1) is 0 Å². The largest absolute Gasteiger partial charge is 0.310 e. The first-order valence-electron chi connectivity index (χ1n) is 6.44. The van der Waals surface area contributed by atoms with Crippen molar-refractivity contribution in [2.24, 2.45) is 7.05 Å². The Labute approximate surface area is 118 Å². The molecule has 2 aromatic rings. The number of benzene rings is 1. The van der Waals surface area contributed by atoms with Crippen LogP contribution in [0.3, 0.4) is 0 Å². The Morgan fingerprint density at radius 2 is 2.21 bits per heavy atom. The van der Waals surface area contributed by atoms with Crippen LogP contribution in [0.25, 0.3) is 0 Å². The van der Waals surface area contributed by atoms with E-state index in [9.17, 15) is 0 Å². The Kier molecular flexibility index (Phi) is 4.56. The SMILES string of the molecule is CCNC(Cc1ncnn1C)c1ccc(Cl)c(C)c1. The first-order chi connectivity index (χ1) is 9.11. The van der Waals surface area contributed by atoms with Gasteiger partial charge in [0.2, 0.25) is 0 Å². The molecule has 5 heteroatoms. The third-order valence-corrected chi connectivity index (χ3v) is 3.65. The van der Waals surface area contributed by atoms with Crippen LogP contribution in [0.1, 0.15) is 29.9 Å². The van der Waals surface area contributed by atoms with E-state index in [2.05, 4.69) is 34.5 Å².